The van der Waals surface area contributed by atoms with Crippen LogP contribution in [-0.4, -0.2) is 48.0 Å². The summed E-state index contributed by atoms with van der Waals surface area (Å²) in [5.74, 6) is 0.895. The fraction of sp³-hybridized carbons (Fsp3) is 0.474. The highest BCUT2D eigenvalue weighted by molar-refractivity contribution is 14.0. The lowest BCUT2D eigenvalue weighted by Gasteiger charge is -2.20. The molecule has 2 heterocycles. The van der Waals surface area contributed by atoms with Crippen LogP contribution in [0.15, 0.2) is 47.7 Å². The van der Waals surface area contributed by atoms with Gasteiger partial charge < -0.3 is 15.5 Å². The monoisotopic (exact) mass is 468 g/mol. The van der Waals surface area contributed by atoms with Gasteiger partial charge in [-0.15, -0.1) is 24.0 Å². The second-order valence-corrected chi connectivity index (χ2v) is 6.45. The Morgan fingerprint density at radius 3 is 2.81 bits per heavy atom. The van der Waals surface area contributed by atoms with Crippen LogP contribution in [0, 0.1) is 6.92 Å². The number of aryl methyl sites for hydroxylation is 1. The van der Waals surface area contributed by atoms with Crippen LogP contribution in [0.25, 0.3) is 0 Å². The molecule has 0 bridgehead atoms. The highest BCUT2D eigenvalue weighted by Gasteiger charge is 2.23. The van der Waals surface area contributed by atoms with Crippen molar-refractivity contribution in [2.75, 3.05) is 31.1 Å². The number of hydrogen-bond donors (Lipinski definition) is 2. The van der Waals surface area contributed by atoms with Crippen LogP contribution in [-0.2, 0) is 6.54 Å². The Morgan fingerprint density at radius 1 is 1.31 bits per heavy atom. The highest BCUT2D eigenvalue weighted by atomic mass is 127. The molecule has 1 aromatic heterocycles. The Morgan fingerprint density at radius 2 is 2.12 bits per heavy atom. The second-order valence-electron chi connectivity index (χ2n) is 6.45. The fourth-order valence-electron chi connectivity index (χ4n) is 3.12. The fourth-order valence-corrected chi connectivity index (χ4v) is 3.12. The smallest absolute Gasteiger partial charge is 0.191 e. The molecule has 6 nitrogen and oxygen atoms in total. The number of hydrogen-bond acceptors (Lipinski definition) is 3. The van der Waals surface area contributed by atoms with E-state index in [0.717, 1.165) is 38.6 Å². The van der Waals surface area contributed by atoms with Gasteiger partial charge in [0.25, 0.3) is 0 Å². The van der Waals surface area contributed by atoms with Crippen molar-refractivity contribution < 1.29 is 0 Å². The van der Waals surface area contributed by atoms with Crippen LogP contribution in [0.2, 0.25) is 0 Å². The predicted molar refractivity (Wildman–Crippen MR) is 119 cm³/mol. The summed E-state index contributed by atoms with van der Waals surface area (Å²) in [5.41, 5.74) is 2.48. The van der Waals surface area contributed by atoms with Crippen molar-refractivity contribution in [3.8, 4) is 0 Å². The van der Waals surface area contributed by atoms with Crippen LogP contribution in [0.3, 0.4) is 0 Å². The van der Waals surface area contributed by atoms with Crippen LogP contribution in [0.5, 0.6) is 0 Å². The normalized spacial score (nSPS) is 17.1. The molecule has 1 aromatic carbocycles. The molecule has 26 heavy (non-hydrogen) atoms. The van der Waals surface area contributed by atoms with Crippen molar-refractivity contribution in [1.82, 2.24) is 20.4 Å². The third-order valence-electron chi connectivity index (χ3n) is 4.36. The molecule has 3 rings (SSSR count). The number of halogens is 1. The van der Waals surface area contributed by atoms with Gasteiger partial charge in [0.2, 0.25) is 0 Å². The lowest BCUT2D eigenvalue weighted by atomic mass is 10.3. The van der Waals surface area contributed by atoms with Gasteiger partial charge in [-0.1, -0.05) is 18.2 Å². The molecule has 142 valence electrons. The Bertz CT molecular complexity index is 684. The van der Waals surface area contributed by atoms with Crippen LogP contribution >= 0.6 is 24.0 Å². The first-order valence-corrected chi connectivity index (χ1v) is 9.08. The van der Waals surface area contributed by atoms with Gasteiger partial charge in [-0.25, -0.2) is 0 Å². The molecule has 1 aliphatic heterocycles. The Kier molecular flexibility index (Phi) is 8.21. The molecular weight excluding hydrogens is 439 g/mol. The molecule has 0 aliphatic carbocycles. The molecule has 1 fully saturated rings. The van der Waals surface area contributed by atoms with E-state index in [0.29, 0.717) is 12.6 Å². The van der Waals surface area contributed by atoms with Gasteiger partial charge in [-0.3, -0.25) is 9.67 Å². The van der Waals surface area contributed by atoms with E-state index >= 15 is 0 Å². The zero-order valence-corrected chi connectivity index (χ0v) is 17.9. The maximum atomic E-state index is 4.69. The van der Waals surface area contributed by atoms with E-state index in [1.807, 2.05) is 17.1 Å². The standard InChI is InChI=1S/C19H28N6.HI/c1-3-20-19(21-10-12-25-14-16(2)13-22-25)23-17-9-11-24(15-17)18-7-5-4-6-8-18;/h4-8,13-14,17H,3,9-12,15H2,1-2H3,(H2,20,21,23);1H. The summed E-state index contributed by atoms with van der Waals surface area (Å²) in [6.45, 7) is 8.61. The highest BCUT2D eigenvalue weighted by Crippen LogP contribution is 2.19. The summed E-state index contributed by atoms with van der Waals surface area (Å²) < 4.78 is 1.94. The third kappa shape index (κ3) is 5.89. The van der Waals surface area contributed by atoms with Crippen molar-refractivity contribution in [2.45, 2.75) is 32.9 Å². The van der Waals surface area contributed by atoms with Crippen molar-refractivity contribution >= 4 is 35.6 Å². The van der Waals surface area contributed by atoms with Crippen molar-refractivity contribution in [2.24, 2.45) is 4.99 Å². The van der Waals surface area contributed by atoms with Crippen LogP contribution in [0.4, 0.5) is 5.69 Å². The molecule has 1 saturated heterocycles. The molecular formula is C19H29IN6. The largest absolute Gasteiger partial charge is 0.369 e. The lowest BCUT2D eigenvalue weighted by Crippen LogP contribution is -2.44. The van der Waals surface area contributed by atoms with Gasteiger partial charge in [0, 0.05) is 37.6 Å². The number of guanidine groups is 1. The number of para-hydroxylation sites is 1. The molecule has 0 saturated carbocycles. The SMILES string of the molecule is CCNC(=NCCn1cc(C)cn1)NC1CCN(c2ccccc2)C1.I. The number of aliphatic imine (C=N–C) groups is 1. The molecule has 0 radical (unpaired) electrons. The van der Waals surface area contributed by atoms with E-state index in [1.54, 1.807) is 0 Å². The van der Waals surface area contributed by atoms with Crippen LogP contribution < -0.4 is 15.5 Å². The van der Waals surface area contributed by atoms with E-state index in [9.17, 15) is 0 Å². The predicted octanol–water partition coefficient (Wildman–Crippen LogP) is 2.64. The van der Waals surface area contributed by atoms with Gasteiger partial charge in [0.05, 0.1) is 19.3 Å². The molecule has 0 spiro atoms. The minimum atomic E-state index is 0. The van der Waals surface area contributed by atoms with Gasteiger partial charge in [0.1, 0.15) is 0 Å². The van der Waals surface area contributed by atoms with E-state index in [4.69, 9.17) is 4.99 Å². The third-order valence-corrected chi connectivity index (χ3v) is 4.36. The van der Waals surface area contributed by atoms with E-state index in [2.05, 4.69) is 64.8 Å². The first-order chi connectivity index (χ1) is 12.2. The molecule has 7 heteroatoms. The van der Waals surface area contributed by atoms with E-state index in [1.165, 1.54) is 11.3 Å². The lowest BCUT2D eigenvalue weighted by molar-refractivity contribution is 0.613. The maximum Gasteiger partial charge on any atom is 0.191 e. The maximum absolute atomic E-state index is 4.69. The summed E-state index contributed by atoms with van der Waals surface area (Å²) in [6.07, 6.45) is 5.05. The average molecular weight is 468 g/mol. The van der Waals surface area contributed by atoms with Crippen molar-refractivity contribution in [3.63, 3.8) is 0 Å². The molecule has 2 aromatic rings. The van der Waals surface area contributed by atoms with Gasteiger partial charge in [-0.2, -0.15) is 5.10 Å². The Balaban J connectivity index is 0.00000243. The number of aromatic nitrogens is 2. The van der Waals surface area contributed by atoms with Gasteiger partial charge in [-0.05, 0) is 38.0 Å². The van der Waals surface area contributed by atoms with Crippen molar-refractivity contribution in [1.29, 1.82) is 0 Å². The number of nitrogens with one attached hydrogen (secondary N) is 2. The minimum Gasteiger partial charge on any atom is -0.369 e. The molecule has 1 unspecified atom stereocenters. The molecule has 0 amide bonds. The summed E-state index contributed by atoms with van der Waals surface area (Å²) in [6, 6.07) is 11.0. The molecule has 2 N–H and O–H groups in total. The number of rotatable bonds is 6. The van der Waals surface area contributed by atoms with Crippen molar-refractivity contribution in [3.05, 3.63) is 48.3 Å². The second kappa shape index (κ2) is 10.4. The zero-order valence-electron chi connectivity index (χ0n) is 15.6. The topological polar surface area (TPSA) is 57.5 Å². The Labute approximate surface area is 173 Å². The molecule has 1 aliphatic rings. The summed E-state index contributed by atoms with van der Waals surface area (Å²) in [5, 5.41) is 11.2. The summed E-state index contributed by atoms with van der Waals surface area (Å²) >= 11 is 0. The van der Waals surface area contributed by atoms with Crippen LogP contribution in [0.1, 0.15) is 18.9 Å². The van der Waals surface area contributed by atoms with E-state index in [-0.39, 0.29) is 24.0 Å². The van der Waals surface area contributed by atoms with E-state index < -0.39 is 0 Å². The number of anilines is 1. The quantitative estimate of drug-likeness (QED) is 0.389. The minimum absolute atomic E-state index is 0. The summed E-state index contributed by atoms with van der Waals surface area (Å²) in [4.78, 5) is 7.12. The first-order valence-electron chi connectivity index (χ1n) is 9.08. The number of benzene rings is 1. The van der Waals surface area contributed by atoms with Gasteiger partial charge >= 0.3 is 0 Å². The first kappa shape index (κ1) is 20.5. The Hall–Kier alpha value is -1.77. The molecule has 1 atom stereocenters. The number of nitrogens with zero attached hydrogens (tertiary/aromatic N) is 4. The van der Waals surface area contributed by atoms with Gasteiger partial charge in [0.15, 0.2) is 5.96 Å². The summed E-state index contributed by atoms with van der Waals surface area (Å²) in [7, 11) is 0. The average Bonchev–Trinajstić information content (AvgIpc) is 3.25. The zero-order chi connectivity index (χ0) is 17.5.